The number of aromatic nitrogens is 3. The van der Waals surface area contributed by atoms with Crippen LogP contribution in [0.4, 0.5) is 0 Å². The number of thiophene rings is 1. The van der Waals surface area contributed by atoms with Crippen LogP contribution < -0.4 is 0 Å². The van der Waals surface area contributed by atoms with Crippen LogP contribution in [0, 0.1) is 0 Å². The van der Waals surface area contributed by atoms with Gasteiger partial charge in [-0.15, -0.1) is 11.3 Å². The highest BCUT2D eigenvalue weighted by atomic mass is 32.1. The van der Waals surface area contributed by atoms with Crippen molar-refractivity contribution in [3.05, 3.63) is 151 Å². The monoisotopic (exact) mass is 607 g/mol. The van der Waals surface area contributed by atoms with Crippen molar-refractivity contribution in [1.82, 2.24) is 15.0 Å². The maximum atomic E-state index is 4.94. The minimum Gasteiger partial charge on any atom is -0.208 e. The first-order valence-electron chi connectivity index (χ1n) is 15.6. The molecule has 0 N–H and O–H groups in total. The van der Waals surface area contributed by atoms with Crippen molar-refractivity contribution in [2.24, 2.45) is 0 Å². The highest BCUT2D eigenvalue weighted by Crippen LogP contribution is 2.56. The summed E-state index contributed by atoms with van der Waals surface area (Å²) < 4.78 is 2.73. The molecule has 218 valence electrons. The second-order valence-corrected chi connectivity index (χ2v) is 13.5. The van der Waals surface area contributed by atoms with E-state index >= 15 is 0 Å². The molecule has 1 aliphatic rings. The molecule has 4 heteroatoms. The normalized spacial score (nSPS) is 13.2. The van der Waals surface area contributed by atoms with Crippen LogP contribution >= 0.6 is 11.3 Å². The summed E-state index contributed by atoms with van der Waals surface area (Å²) in [5.74, 6) is 2.00. The highest BCUT2D eigenvalue weighted by Gasteiger charge is 2.39. The maximum Gasteiger partial charge on any atom is 0.164 e. The lowest BCUT2D eigenvalue weighted by atomic mass is 9.78. The second-order valence-electron chi connectivity index (χ2n) is 12.4. The highest BCUT2D eigenvalue weighted by molar-refractivity contribution is 7.26. The van der Waals surface area contributed by atoms with Crippen LogP contribution in [0.1, 0.15) is 25.0 Å². The van der Waals surface area contributed by atoms with Crippen molar-refractivity contribution >= 4 is 31.5 Å². The van der Waals surface area contributed by atoms with Crippen LogP contribution in [0.2, 0.25) is 0 Å². The van der Waals surface area contributed by atoms with Gasteiger partial charge in [-0.1, -0.05) is 147 Å². The third-order valence-electron chi connectivity index (χ3n) is 9.33. The zero-order valence-corrected chi connectivity index (χ0v) is 26.3. The number of fused-ring (bicyclic) bond motifs is 7. The molecule has 0 aliphatic heterocycles. The fourth-order valence-electron chi connectivity index (χ4n) is 7.12. The van der Waals surface area contributed by atoms with Gasteiger partial charge in [0.2, 0.25) is 0 Å². The summed E-state index contributed by atoms with van der Waals surface area (Å²) in [6.45, 7) is 4.74. The third kappa shape index (κ3) is 4.14. The zero-order chi connectivity index (χ0) is 30.8. The first-order valence-corrected chi connectivity index (χ1v) is 16.4. The first-order chi connectivity index (χ1) is 22.6. The van der Waals surface area contributed by atoms with Crippen LogP contribution in [-0.4, -0.2) is 15.0 Å². The van der Waals surface area contributed by atoms with Gasteiger partial charge in [-0.2, -0.15) is 0 Å². The van der Waals surface area contributed by atoms with Crippen molar-refractivity contribution < 1.29 is 0 Å². The van der Waals surface area contributed by atoms with Crippen molar-refractivity contribution in [2.75, 3.05) is 0 Å². The number of rotatable bonds is 4. The largest absolute Gasteiger partial charge is 0.208 e. The van der Waals surface area contributed by atoms with Crippen molar-refractivity contribution in [1.29, 1.82) is 0 Å². The summed E-state index contributed by atoms with van der Waals surface area (Å²) >= 11 is 1.91. The Labute approximate surface area is 271 Å². The van der Waals surface area contributed by atoms with Gasteiger partial charge in [-0.05, 0) is 33.9 Å². The molecule has 9 rings (SSSR count). The fraction of sp³-hybridized carbons (Fsp3) is 0.0714. The summed E-state index contributed by atoms with van der Waals surface area (Å²) in [6, 6.07) is 49.2. The van der Waals surface area contributed by atoms with Crippen LogP contribution in [0.3, 0.4) is 0 Å². The molecule has 8 aromatic rings. The van der Waals surface area contributed by atoms with Crippen molar-refractivity contribution in [3.63, 3.8) is 0 Å². The van der Waals surface area contributed by atoms with Gasteiger partial charge in [0, 0.05) is 47.8 Å². The Morgan fingerprint density at radius 1 is 0.457 bits per heavy atom. The zero-order valence-electron chi connectivity index (χ0n) is 25.5. The predicted molar refractivity (Wildman–Crippen MR) is 192 cm³/mol. The molecule has 0 bridgehead atoms. The van der Waals surface area contributed by atoms with Crippen molar-refractivity contribution in [2.45, 2.75) is 19.3 Å². The molecule has 46 heavy (non-hydrogen) atoms. The Morgan fingerprint density at radius 2 is 1.00 bits per heavy atom. The molecular weight excluding hydrogens is 579 g/mol. The average molecular weight is 608 g/mol. The summed E-state index contributed by atoms with van der Waals surface area (Å²) in [7, 11) is 0. The molecule has 0 fully saturated rings. The minimum absolute atomic E-state index is 0.131. The van der Waals surface area contributed by atoms with Crippen LogP contribution in [-0.2, 0) is 5.41 Å². The van der Waals surface area contributed by atoms with Gasteiger partial charge in [0.1, 0.15) is 0 Å². The average Bonchev–Trinajstić information content (AvgIpc) is 3.61. The van der Waals surface area contributed by atoms with E-state index < -0.39 is 0 Å². The van der Waals surface area contributed by atoms with E-state index in [4.69, 9.17) is 15.0 Å². The third-order valence-corrected chi connectivity index (χ3v) is 10.5. The molecule has 0 saturated carbocycles. The van der Waals surface area contributed by atoms with E-state index in [0.717, 1.165) is 16.7 Å². The van der Waals surface area contributed by atoms with Gasteiger partial charge in [0.05, 0.1) is 0 Å². The van der Waals surface area contributed by atoms with Gasteiger partial charge >= 0.3 is 0 Å². The molecule has 0 amide bonds. The number of benzene rings is 6. The lowest BCUT2D eigenvalue weighted by Gasteiger charge is -2.24. The van der Waals surface area contributed by atoms with E-state index in [0.29, 0.717) is 17.5 Å². The predicted octanol–water partition coefficient (Wildman–Crippen LogP) is 11.2. The molecule has 1 aliphatic carbocycles. The maximum absolute atomic E-state index is 4.94. The van der Waals surface area contributed by atoms with Gasteiger partial charge in [0.25, 0.3) is 0 Å². The van der Waals surface area contributed by atoms with E-state index in [2.05, 4.69) is 92.7 Å². The van der Waals surface area contributed by atoms with E-state index in [1.54, 1.807) is 0 Å². The quantitative estimate of drug-likeness (QED) is 0.200. The molecule has 2 aromatic heterocycles. The van der Waals surface area contributed by atoms with Crippen LogP contribution in [0.25, 0.3) is 76.6 Å². The van der Waals surface area contributed by atoms with Gasteiger partial charge in [0.15, 0.2) is 17.5 Å². The summed E-state index contributed by atoms with van der Waals surface area (Å²) in [6.07, 6.45) is 0. The Bertz CT molecular complexity index is 2370. The summed E-state index contributed by atoms with van der Waals surface area (Å²) in [5, 5.41) is 2.69. The van der Waals surface area contributed by atoms with Gasteiger partial charge in [-0.25, -0.2) is 15.0 Å². The minimum atomic E-state index is -0.131. The Hall–Kier alpha value is -5.45. The molecular formula is C42H29N3S. The van der Waals surface area contributed by atoms with Gasteiger partial charge < -0.3 is 0 Å². The molecule has 0 spiro atoms. The van der Waals surface area contributed by atoms with E-state index in [9.17, 15) is 0 Å². The first kappa shape index (κ1) is 26.9. The lowest BCUT2D eigenvalue weighted by Crippen LogP contribution is -2.16. The Balaban J connectivity index is 1.16. The number of hydrogen-bond acceptors (Lipinski definition) is 4. The Kier molecular flexibility index (Phi) is 6.02. The SMILES string of the molecule is CC1(C)c2ccc3c(sc4ccccc43)c2-c2cccc(-c3ccc(-c4nc(-c5ccccc5)nc(-c5ccccc5)n4)cc3)c21. The molecule has 6 aromatic carbocycles. The molecule has 2 heterocycles. The number of nitrogens with zero attached hydrogens (tertiary/aromatic N) is 3. The van der Waals surface area contributed by atoms with E-state index in [1.165, 1.54) is 53.6 Å². The molecule has 3 nitrogen and oxygen atoms in total. The van der Waals surface area contributed by atoms with E-state index in [-0.39, 0.29) is 5.41 Å². The lowest BCUT2D eigenvalue weighted by molar-refractivity contribution is 0.662. The van der Waals surface area contributed by atoms with E-state index in [1.807, 2.05) is 72.0 Å². The standard InChI is InChI=1S/C42H29N3S/c1-42(2)34-25-24-32-31-16-9-10-19-35(31)46-38(32)36(34)33-18-11-17-30(37(33)42)26-20-22-29(23-21-26)41-44-39(27-12-5-3-6-13-27)43-40(45-41)28-14-7-4-8-15-28/h3-25H,1-2H3. The molecule has 0 atom stereocenters. The Morgan fingerprint density at radius 3 is 1.65 bits per heavy atom. The smallest absolute Gasteiger partial charge is 0.164 e. The molecule has 0 saturated heterocycles. The molecule has 0 radical (unpaired) electrons. The molecule has 0 unspecified atom stereocenters. The summed E-state index contributed by atoms with van der Waals surface area (Å²) in [5.41, 5.74) is 10.7. The van der Waals surface area contributed by atoms with Gasteiger partial charge in [-0.3, -0.25) is 0 Å². The summed E-state index contributed by atoms with van der Waals surface area (Å²) in [4.78, 5) is 14.7. The number of hydrogen-bond donors (Lipinski definition) is 0. The fourth-order valence-corrected chi connectivity index (χ4v) is 8.39. The van der Waals surface area contributed by atoms with Crippen molar-refractivity contribution in [3.8, 4) is 56.4 Å². The van der Waals surface area contributed by atoms with Crippen LogP contribution in [0.5, 0.6) is 0 Å². The second kappa shape index (κ2) is 10.3. The topological polar surface area (TPSA) is 38.7 Å². The van der Waals surface area contributed by atoms with Crippen LogP contribution in [0.15, 0.2) is 140 Å².